The maximum atomic E-state index is 4.80. The number of rotatable bonds is 4. The molecule has 3 nitrogen and oxygen atoms in total. The van der Waals surface area contributed by atoms with Gasteiger partial charge in [0.05, 0.1) is 5.69 Å². The summed E-state index contributed by atoms with van der Waals surface area (Å²) in [4.78, 5) is 12.2. The molecule has 1 aliphatic heterocycles. The highest BCUT2D eigenvalue weighted by atomic mass is 32.2. The van der Waals surface area contributed by atoms with E-state index in [4.69, 9.17) is 9.97 Å². The molecule has 0 aromatic carbocycles. The third-order valence-electron chi connectivity index (χ3n) is 3.40. The van der Waals surface area contributed by atoms with E-state index in [9.17, 15) is 0 Å². The van der Waals surface area contributed by atoms with E-state index in [0.29, 0.717) is 0 Å². The van der Waals surface area contributed by atoms with Gasteiger partial charge < -0.3 is 5.32 Å². The van der Waals surface area contributed by atoms with Gasteiger partial charge in [-0.2, -0.15) is 11.8 Å². The summed E-state index contributed by atoms with van der Waals surface area (Å²) in [5.74, 6) is 3.96. The molecule has 3 heterocycles. The second kappa shape index (κ2) is 5.74. The molecule has 0 saturated carbocycles. The average molecular weight is 305 g/mol. The molecule has 1 N–H and O–H groups in total. The van der Waals surface area contributed by atoms with Crippen molar-refractivity contribution >= 4 is 28.9 Å². The molecule has 106 valence electrons. The Hall–Kier alpha value is -1.07. The first-order valence-electron chi connectivity index (χ1n) is 6.98. The van der Waals surface area contributed by atoms with Crippen LogP contribution < -0.4 is 5.32 Å². The topological polar surface area (TPSA) is 37.8 Å². The normalized spacial score (nSPS) is 13.6. The van der Waals surface area contributed by atoms with E-state index in [1.54, 1.807) is 0 Å². The quantitative estimate of drug-likeness (QED) is 0.909. The maximum absolute atomic E-state index is 4.80. The lowest BCUT2D eigenvalue weighted by Crippen LogP contribution is -2.08. The molecule has 0 amide bonds. The summed E-state index contributed by atoms with van der Waals surface area (Å²) >= 11 is 3.74. The van der Waals surface area contributed by atoms with Crippen LogP contribution in [-0.4, -0.2) is 16.5 Å². The van der Waals surface area contributed by atoms with Gasteiger partial charge in [0.15, 0.2) is 5.82 Å². The molecule has 0 saturated heterocycles. The molecule has 1 aliphatic rings. The van der Waals surface area contributed by atoms with Crippen LogP contribution >= 0.6 is 23.1 Å². The first kappa shape index (κ1) is 13.9. The van der Waals surface area contributed by atoms with Crippen molar-refractivity contribution in [2.45, 2.75) is 38.7 Å². The number of hydrogen-bond acceptors (Lipinski definition) is 5. The minimum Gasteiger partial charge on any atom is -0.370 e. The highest BCUT2D eigenvalue weighted by Crippen LogP contribution is 2.36. The SMILES string of the molecule is CCCNc1nc(-c2cc(C)sc2C)nc2c1CSC2. The Balaban J connectivity index is 2.06. The van der Waals surface area contributed by atoms with Gasteiger partial charge in [0.25, 0.3) is 0 Å². The van der Waals surface area contributed by atoms with Gasteiger partial charge >= 0.3 is 0 Å². The Morgan fingerprint density at radius 3 is 2.80 bits per heavy atom. The highest BCUT2D eigenvalue weighted by molar-refractivity contribution is 7.98. The molecule has 20 heavy (non-hydrogen) atoms. The van der Waals surface area contributed by atoms with Crippen LogP contribution in [0.5, 0.6) is 0 Å². The second-order valence-corrected chi connectivity index (χ2v) is 7.51. The first-order chi connectivity index (χ1) is 9.69. The van der Waals surface area contributed by atoms with E-state index in [1.165, 1.54) is 26.6 Å². The van der Waals surface area contributed by atoms with Crippen molar-refractivity contribution in [3.05, 3.63) is 27.1 Å². The predicted molar refractivity (Wildman–Crippen MR) is 88.6 cm³/mol. The first-order valence-corrected chi connectivity index (χ1v) is 8.95. The molecule has 0 atom stereocenters. The molecule has 0 spiro atoms. The zero-order valence-corrected chi connectivity index (χ0v) is 13.7. The minimum absolute atomic E-state index is 0.881. The molecule has 0 radical (unpaired) electrons. The Labute approximate surface area is 128 Å². The van der Waals surface area contributed by atoms with Gasteiger partial charge in [-0.1, -0.05) is 6.92 Å². The Morgan fingerprint density at radius 1 is 1.25 bits per heavy atom. The van der Waals surface area contributed by atoms with Crippen LogP contribution in [-0.2, 0) is 11.5 Å². The molecular weight excluding hydrogens is 286 g/mol. The molecule has 3 rings (SSSR count). The van der Waals surface area contributed by atoms with E-state index in [1.807, 2.05) is 23.1 Å². The van der Waals surface area contributed by atoms with Crippen molar-refractivity contribution in [2.75, 3.05) is 11.9 Å². The van der Waals surface area contributed by atoms with Crippen LogP contribution in [0.15, 0.2) is 6.07 Å². The van der Waals surface area contributed by atoms with Crippen molar-refractivity contribution in [2.24, 2.45) is 0 Å². The number of hydrogen-bond donors (Lipinski definition) is 1. The third kappa shape index (κ3) is 2.56. The van der Waals surface area contributed by atoms with Crippen LogP contribution in [0, 0.1) is 13.8 Å². The van der Waals surface area contributed by atoms with E-state index in [0.717, 1.165) is 36.1 Å². The van der Waals surface area contributed by atoms with Gasteiger partial charge in [0.1, 0.15) is 5.82 Å². The van der Waals surface area contributed by atoms with Crippen molar-refractivity contribution in [1.82, 2.24) is 9.97 Å². The van der Waals surface area contributed by atoms with Gasteiger partial charge in [0, 0.05) is 38.9 Å². The number of nitrogens with one attached hydrogen (secondary N) is 1. The monoisotopic (exact) mass is 305 g/mol. The number of aryl methyl sites for hydroxylation is 2. The number of fused-ring (bicyclic) bond motifs is 1. The smallest absolute Gasteiger partial charge is 0.162 e. The van der Waals surface area contributed by atoms with E-state index in [-0.39, 0.29) is 0 Å². The van der Waals surface area contributed by atoms with Crippen molar-refractivity contribution in [3.8, 4) is 11.4 Å². The predicted octanol–water partition coefficient (Wildman–Crippen LogP) is 4.39. The number of thiophene rings is 1. The van der Waals surface area contributed by atoms with Crippen LogP contribution in [0.4, 0.5) is 5.82 Å². The molecule has 2 aromatic heterocycles. The summed E-state index contributed by atoms with van der Waals surface area (Å²) < 4.78 is 0. The highest BCUT2D eigenvalue weighted by Gasteiger charge is 2.21. The molecule has 0 bridgehead atoms. The Kier molecular flexibility index (Phi) is 3.98. The molecule has 0 unspecified atom stereocenters. The number of anilines is 1. The zero-order chi connectivity index (χ0) is 14.1. The van der Waals surface area contributed by atoms with Gasteiger partial charge in [-0.25, -0.2) is 9.97 Å². The summed E-state index contributed by atoms with van der Waals surface area (Å²) in [7, 11) is 0. The van der Waals surface area contributed by atoms with Gasteiger partial charge in [-0.05, 0) is 26.3 Å². The van der Waals surface area contributed by atoms with Crippen LogP contribution in [0.3, 0.4) is 0 Å². The summed E-state index contributed by atoms with van der Waals surface area (Å²) in [6.07, 6.45) is 1.11. The van der Waals surface area contributed by atoms with Crippen LogP contribution in [0.1, 0.15) is 34.4 Å². The Morgan fingerprint density at radius 2 is 2.10 bits per heavy atom. The standard InChI is InChI=1S/C15H19N3S2/c1-4-5-16-14-12-7-19-8-13(12)17-15(18-14)11-6-9(2)20-10(11)3/h6H,4-5,7-8H2,1-3H3,(H,16,17,18). The minimum atomic E-state index is 0.881. The molecule has 0 aliphatic carbocycles. The maximum Gasteiger partial charge on any atom is 0.162 e. The molecule has 5 heteroatoms. The van der Waals surface area contributed by atoms with E-state index < -0.39 is 0 Å². The number of nitrogens with zero attached hydrogens (tertiary/aromatic N) is 2. The second-order valence-electron chi connectivity index (χ2n) is 5.07. The fourth-order valence-electron chi connectivity index (χ4n) is 2.41. The summed E-state index contributed by atoms with van der Waals surface area (Å²) in [5.41, 5.74) is 3.70. The number of thioether (sulfide) groups is 1. The fraction of sp³-hybridized carbons (Fsp3) is 0.467. The van der Waals surface area contributed by atoms with E-state index in [2.05, 4.69) is 32.2 Å². The number of aromatic nitrogens is 2. The largest absolute Gasteiger partial charge is 0.370 e. The van der Waals surface area contributed by atoms with Crippen LogP contribution in [0.25, 0.3) is 11.4 Å². The van der Waals surface area contributed by atoms with Crippen molar-refractivity contribution in [1.29, 1.82) is 0 Å². The van der Waals surface area contributed by atoms with Crippen molar-refractivity contribution < 1.29 is 0 Å². The lowest BCUT2D eigenvalue weighted by atomic mass is 10.2. The zero-order valence-electron chi connectivity index (χ0n) is 12.1. The summed E-state index contributed by atoms with van der Waals surface area (Å²) in [5, 5.41) is 3.47. The van der Waals surface area contributed by atoms with E-state index >= 15 is 0 Å². The fourth-order valence-corrected chi connectivity index (χ4v) is 4.38. The van der Waals surface area contributed by atoms with Gasteiger partial charge in [-0.3, -0.25) is 0 Å². The molecule has 2 aromatic rings. The molecular formula is C15H19N3S2. The Bertz CT molecular complexity index is 634. The summed E-state index contributed by atoms with van der Waals surface area (Å²) in [6, 6.07) is 2.20. The lowest BCUT2D eigenvalue weighted by Gasteiger charge is -2.11. The average Bonchev–Trinajstić information content (AvgIpc) is 3.01. The molecule has 0 fully saturated rings. The lowest BCUT2D eigenvalue weighted by molar-refractivity contribution is 0.955. The van der Waals surface area contributed by atoms with Crippen LogP contribution in [0.2, 0.25) is 0 Å². The van der Waals surface area contributed by atoms with Crippen molar-refractivity contribution in [3.63, 3.8) is 0 Å². The van der Waals surface area contributed by atoms with Gasteiger partial charge in [-0.15, -0.1) is 11.3 Å². The summed E-state index contributed by atoms with van der Waals surface area (Å²) in [6.45, 7) is 7.43. The van der Waals surface area contributed by atoms with Gasteiger partial charge in [0.2, 0.25) is 0 Å². The third-order valence-corrected chi connectivity index (χ3v) is 5.34.